The third kappa shape index (κ3) is 4.77. The fourth-order valence-corrected chi connectivity index (χ4v) is 6.99. The predicted octanol–water partition coefficient (Wildman–Crippen LogP) is 6.47. The lowest BCUT2D eigenvalue weighted by atomic mass is 9.85. The van der Waals surface area contributed by atoms with Gasteiger partial charge in [0.25, 0.3) is 5.69 Å². The fourth-order valence-electron chi connectivity index (χ4n) is 6.59. The van der Waals surface area contributed by atoms with Gasteiger partial charge in [0.15, 0.2) is 6.61 Å². The van der Waals surface area contributed by atoms with Crippen molar-refractivity contribution in [2.45, 2.75) is 6.42 Å². The molecule has 10 nitrogen and oxygen atoms in total. The number of Topliss-reactive ketones (excluding diaryl/α,β-unsaturated/α-hetero) is 1. The van der Waals surface area contributed by atoms with Crippen LogP contribution in [0.1, 0.15) is 27.1 Å². The molecule has 2 bridgehead atoms. The molecule has 1 saturated carbocycles. The van der Waals surface area contributed by atoms with Crippen LogP contribution in [0.2, 0.25) is 10.0 Å². The first-order valence-electron chi connectivity index (χ1n) is 14.0. The van der Waals surface area contributed by atoms with E-state index in [9.17, 15) is 29.3 Å². The first kappa shape index (κ1) is 28.8. The second-order valence-corrected chi connectivity index (χ2v) is 12.0. The first-order valence-corrected chi connectivity index (χ1v) is 14.8. The minimum Gasteiger partial charge on any atom is -0.454 e. The zero-order chi connectivity index (χ0) is 31.6. The first-order chi connectivity index (χ1) is 21.6. The number of allylic oxidation sites excluding steroid dienone is 2. The van der Waals surface area contributed by atoms with E-state index in [0.717, 1.165) is 12.5 Å². The van der Waals surface area contributed by atoms with E-state index < -0.39 is 29.0 Å². The lowest BCUT2D eigenvalue weighted by molar-refractivity contribution is -0.384. The summed E-state index contributed by atoms with van der Waals surface area (Å²) in [6, 6.07) is 16.7. The number of ketones is 1. The van der Waals surface area contributed by atoms with Crippen molar-refractivity contribution >= 4 is 69.0 Å². The summed E-state index contributed by atoms with van der Waals surface area (Å²) in [5, 5.41) is 11.8. The van der Waals surface area contributed by atoms with Crippen LogP contribution in [0.3, 0.4) is 0 Å². The molecular weight excluding hydrogens is 621 g/mol. The van der Waals surface area contributed by atoms with Gasteiger partial charge in [-0.05, 0) is 54.7 Å². The molecule has 1 aromatic heterocycles. The zero-order valence-electron chi connectivity index (χ0n) is 23.2. The Morgan fingerprint density at radius 3 is 2.29 bits per heavy atom. The highest BCUT2D eigenvalue weighted by molar-refractivity contribution is 6.35. The van der Waals surface area contributed by atoms with Crippen molar-refractivity contribution in [2.75, 3.05) is 11.5 Å². The lowest BCUT2D eigenvalue weighted by Crippen LogP contribution is -2.32. The van der Waals surface area contributed by atoms with Crippen LogP contribution in [0.25, 0.3) is 22.2 Å². The molecule has 45 heavy (non-hydrogen) atoms. The number of aromatic nitrogens is 1. The molecule has 4 atom stereocenters. The maximum atomic E-state index is 13.3. The van der Waals surface area contributed by atoms with Crippen LogP contribution in [0.4, 0.5) is 11.4 Å². The van der Waals surface area contributed by atoms with Gasteiger partial charge in [0, 0.05) is 22.6 Å². The predicted molar refractivity (Wildman–Crippen MR) is 165 cm³/mol. The fraction of sp³-hybridized carbons (Fsp3) is 0.182. The molecule has 3 aromatic carbocycles. The number of amides is 2. The normalized spacial score (nSPS) is 21.4. The number of fused-ring (bicyclic) bond motifs is 6. The van der Waals surface area contributed by atoms with Crippen LogP contribution in [0.15, 0.2) is 78.9 Å². The molecule has 3 aliphatic rings. The van der Waals surface area contributed by atoms with Gasteiger partial charge in [-0.1, -0.05) is 59.6 Å². The molecule has 2 aliphatic carbocycles. The number of nitro groups is 1. The van der Waals surface area contributed by atoms with E-state index in [4.69, 9.17) is 27.9 Å². The van der Waals surface area contributed by atoms with E-state index in [2.05, 4.69) is 4.98 Å². The monoisotopic (exact) mass is 641 g/mol. The van der Waals surface area contributed by atoms with Crippen molar-refractivity contribution < 1.29 is 28.8 Å². The lowest BCUT2D eigenvalue weighted by Gasteiger charge is -2.18. The van der Waals surface area contributed by atoms with Gasteiger partial charge in [0.1, 0.15) is 5.02 Å². The topological polar surface area (TPSA) is 137 Å². The number of hydrogen-bond acceptors (Lipinski definition) is 8. The summed E-state index contributed by atoms with van der Waals surface area (Å²) in [5.41, 5.74) is 1.36. The summed E-state index contributed by atoms with van der Waals surface area (Å²) in [6.45, 7) is -0.677. The van der Waals surface area contributed by atoms with Gasteiger partial charge >= 0.3 is 5.97 Å². The van der Waals surface area contributed by atoms with Crippen molar-refractivity contribution in [2.24, 2.45) is 23.7 Å². The largest absolute Gasteiger partial charge is 0.454 e. The van der Waals surface area contributed by atoms with Crippen molar-refractivity contribution in [3.8, 4) is 11.3 Å². The molecule has 224 valence electrons. The molecule has 0 spiro atoms. The highest BCUT2D eigenvalue weighted by Crippen LogP contribution is 2.53. The average molecular weight is 642 g/mol. The van der Waals surface area contributed by atoms with Crippen LogP contribution in [-0.4, -0.2) is 40.1 Å². The van der Waals surface area contributed by atoms with Crippen LogP contribution in [0, 0.1) is 33.8 Å². The number of ether oxygens (including phenoxy) is 1. The zero-order valence-corrected chi connectivity index (χ0v) is 24.7. The number of anilines is 1. The quantitative estimate of drug-likeness (QED) is 0.0559. The van der Waals surface area contributed by atoms with Gasteiger partial charge in [-0.25, -0.2) is 9.78 Å². The molecular formula is C33H21Cl2N3O7. The van der Waals surface area contributed by atoms with Crippen molar-refractivity contribution in [1.82, 2.24) is 4.98 Å². The van der Waals surface area contributed by atoms with E-state index >= 15 is 0 Å². The van der Waals surface area contributed by atoms with Crippen LogP contribution in [0.5, 0.6) is 0 Å². The van der Waals surface area contributed by atoms with E-state index in [1.54, 1.807) is 42.5 Å². The molecule has 1 saturated heterocycles. The molecule has 12 heteroatoms. The number of esters is 1. The summed E-state index contributed by atoms with van der Waals surface area (Å²) in [6.07, 6.45) is 4.93. The second kappa shape index (κ2) is 10.9. The molecule has 7 rings (SSSR count). The van der Waals surface area contributed by atoms with Crippen molar-refractivity contribution in [3.05, 3.63) is 110 Å². The second-order valence-electron chi connectivity index (χ2n) is 11.2. The Morgan fingerprint density at radius 2 is 1.62 bits per heavy atom. The Morgan fingerprint density at radius 1 is 0.933 bits per heavy atom. The van der Waals surface area contributed by atoms with Crippen molar-refractivity contribution in [1.29, 1.82) is 0 Å². The third-order valence-electron chi connectivity index (χ3n) is 8.70. The summed E-state index contributed by atoms with van der Waals surface area (Å²) in [5.74, 6) is -2.28. The Kier molecular flexibility index (Phi) is 6.98. The maximum absolute atomic E-state index is 13.3. The summed E-state index contributed by atoms with van der Waals surface area (Å²) in [4.78, 5) is 68.9. The average Bonchev–Trinajstić information content (AvgIpc) is 3.73. The molecule has 4 aromatic rings. The van der Waals surface area contributed by atoms with E-state index in [1.807, 2.05) is 12.2 Å². The standard InChI is InChI=1S/C33H21Cl2N3O7/c34-23-11-8-17(13-26(23)38(43)44)27(39)15-45-33(42)22-14-25(36-30-21(22)2-1-3-24(30)35)16-6-9-20(10-7-16)37-31(40)28-18-4-5-19(12-18)29(28)32(37)41/h1-11,13-14,18-19,28-29H,12,15H2. The van der Waals surface area contributed by atoms with E-state index in [0.29, 0.717) is 27.8 Å². The van der Waals surface area contributed by atoms with Gasteiger partial charge in [-0.3, -0.25) is 29.4 Å². The number of carbonyl (C=O) groups excluding carboxylic acids is 4. The number of rotatable bonds is 7. The summed E-state index contributed by atoms with van der Waals surface area (Å²) >= 11 is 12.3. The SMILES string of the molecule is O=C(COC(=O)c1cc(-c2ccc(N3C(=O)C4C5C=CC(C5)C4C3=O)cc2)nc2c(Cl)cccc12)c1ccc(Cl)c([N+](=O)[O-])c1. The number of hydrogen-bond donors (Lipinski definition) is 0. The Balaban J connectivity index is 1.15. The number of nitro benzene ring substituents is 1. The van der Waals surface area contributed by atoms with E-state index in [1.165, 1.54) is 23.1 Å². The summed E-state index contributed by atoms with van der Waals surface area (Å²) < 4.78 is 5.33. The van der Waals surface area contributed by atoms with Gasteiger partial charge in [0.2, 0.25) is 17.6 Å². The minimum absolute atomic E-state index is 0.0372. The number of halogens is 2. The van der Waals surface area contributed by atoms with Gasteiger partial charge in [-0.15, -0.1) is 0 Å². The Hall–Kier alpha value is -4.93. The smallest absolute Gasteiger partial charge is 0.339 e. The van der Waals surface area contributed by atoms with Crippen molar-refractivity contribution in [3.63, 3.8) is 0 Å². The molecule has 1 aliphatic heterocycles. The van der Waals surface area contributed by atoms with E-state index in [-0.39, 0.29) is 56.7 Å². The molecule has 0 N–H and O–H groups in total. The number of carbonyl (C=O) groups is 4. The maximum Gasteiger partial charge on any atom is 0.339 e. The highest BCUT2D eigenvalue weighted by Gasteiger charge is 2.59. The number of pyridine rings is 1. The molecule has 4 unspecified atom stereocenters. The van der Waals surface area contributed by atoms with Crippen LogP contribution < -0.4 is 4.90 Å². The Bertz CT molecular complexity index is 1980. The van der Waals surface area contributed by atoms with Gasteiger partial charge in [-0.2, -0.15) is 0 Å². The van der Waals surface area contributed by atoms with Crippen LogP contribution >= 0.6 is 23.2 Å². The van der Waals surface area contributed by atoms with Crippen LogP contribution in [-0.2, 0) is 14.3 Å². The number of nitrogens with zero attached hydrogens (tertiary/aromatic N) is 3. The third-order valence-corrected chi connectivity index (χ3v) is 9.33. The summed E-state index contributed by atoms with van der Waals surface area (Å²) in [7, 11) is 0. The Labute approximate surface area is 265 Å². The molecule has 2 amide bonds. The molecule has 0 radical (unpaired) electrons. The highest BCUT2D eigenvalue weighted by atomic mass is 35.5. The minimum atomic E-state index is -0.831. The number of benzene rings is 3. The number of para-hydroxylation sites is 1. The van der Waals surface area contributed by atoms with Gasteiger partial charge < -0.3 is 4.74 Å². The molecule has 2 fully saturated rings. The molecule has 2 heterocycles. The number of imide groups is 1. The van der Waals surface area contributed by atoms with Gasteiger partial charge in [0.05, 0.1) is 44.2 Å².